The molecule has 0 rings (SSSR count). The number of hydrogen-bond acceptors (Lipinski definition) is 3. The van der Waals surface area contributed by atoms with Crippen molar-refractivity contribution in [2.45, 2.75) is 71.1 Å². The average molecular weight is 312 g/mol. The molecule has 114 valence electrons. The molecule has 20 heavy (non-hydrogen) atoms. The van der Waals surface area contributed by atoms with Gasteiger partial charge < -0.3 is 10.1 Å². The monoisotopic (exact) mass is 311 g/mol. The van der Waals surface area contributed by atoms with Crippen molar-refractivity contribution in [1.82, 2.24) is 5.32 Å². The first-order valence-electron chi connectivity index (χ1n) is 7.54. The number of carbonyl (C=O) groups is 2. The molecule has 0 aromatic carbocycles. The van der Waals surface area contributed by atoms with E-state index in [0.717, 1.165) is 12.8 Å². The molecule has 0 aromatic rings. The number of esters is 1. The van der Waals surface area contributed by atoms with Crippen LogP contribution in [0, 0.1) is 0 Å². The van der Waals surface area contributed by atoms with Crippen LogP contribution in [0.5, 0.6) is 0 Å². The Morgan fingerprint density at radius 2 is 1.40 bits per heavy atom. The van der Waals surface area contributed by atoms with E-state index in [0.29, 0.717) is 6.42 Å². The predicted octanol–water partition coefficient (Wildman–Crippen LogP) is 2.55. The Balaban J connectivity index is 0. The maximum absolute atomic E-state index is 11.4. The fourth-order valence-corrected chi connectivity index (χ4v) is 1.93. The summed E-state index contributed by atoms with van der Waals surface area (Å²) in [5.74, 6) is -0.464. The van der Waals surface area contributed by atoms with Crippen LogP contribution >= 0.6 is 0 Å². The summed E-state index contributed by atoms with van der Waals surface area (Å²) in [6.07, 6.45) is 11.6. The second kappa shape index (κ2) is 17.6. The molecule has 4 nitrogen and oxygen atoms in total. The summed E-state index contributed by atoms with van der Waals surface area (Å²) in [5, 5.41) is 2.55. The van der Waals surface area contributed by atoms with Gasteiger partial charge in [-0.1, -0.05) is 58.3 Å². The van der Waals surface area contributed by atoms with Crippen molar-refractivity contribution in [3.05, 3.63) is 0 Å². The number of nitrogens with one attached hydrogen (secondary N) is 1. The van der Waals surface area contributed by atoms with Crippen LogP contribution in [0.2, 0.25) is 0 Å². The van der Waals surface area contributed by atoms with Crippen LogP contribution in [0.1, 0.15) is 71.1 Å². The van der Waals surface area contributed by atoms with Gasteiger partial charge in [-0.3, -0.25) is 9.59 Å². The van der Waals surface area contributed by atoms with E-state index >= 15 is 0 Å². The van der Waals surface area contributed by atoms with Crippen LogP contribution in [0.25, 0.3) is 0 Å². The number of unbranched alkanes of at least 4 members (excludes halogenated alkanes) is 8. The van der Waals surface area contributed by atoms with E-state index in [9.17, 15) is 9.59 Å². The van der Waals surface area contributed by atoms with Gasteiger partial charge in [-0.25, -0.2) is 0 Å². The fourth-order valence-electron chi connectivity index (χ4n) is 1.93. The quantitative estimate of drug-likeness (QED) is 0.342. The Kier molecular flexibility index (Phi) is 20.1. The van der Waals surface area contributed by atoms with Crippen LogP contribution < -0.4 is 5.32 Å². The van der Waals surface area contributed by atoms with Crippen molar-refractivity contribution in [2.24, 2.45) is 0 Å². The van der Waals surface area contributed by atoms with Crippen LogP contribution in [0.3, 0.4) is 0 Å². The normalized spacial score (nSPS) is 9.70. The van der Waals surface area contributed by atoms with E-state index < -0.39 is 5.97 Å². The van der Waals surface area contributed by atoms with Gasteiger partial charge in [0.15, 0.2) is 0 Å². The topological polar surface area (TPSA) is 55.4 Å². The first kappa shape index (κ1) is 22.9. The molecule has 0 saturated heterocycles. The van der Waals surface area contributed by atoms with Crippen LogP contribution in [-0.2, 0) is 14.3 Å². The van der Waals surface area contributed by atoms with Crippen molar-refractivity contribution >= 4 is 63.3 Å². The van der Waals surface area contributed by atoms with Gasteiger partial charge in [0.05, 0.1) is 7.11 Å². The zero-order valence-electron chi connectivity index (χ0n) is 12.5. The Labute approximate surface area is 166 Å². The predicted molar refractivity (Wildman–Crippen MR) is 84.0 cm³/mol. The molecular formula is C15H30KNO3. The number of ether oxygens (including phenoxy) is 1. The zero-order chi connectivity index (χ0) is 14.3. The SMILES string of the molecule is CCCCCCCCCCCC(=O)NCC(=O)OC.[KH]. The molecule has 0 atom stereocenters. The summed E-state index contributed by atoms with van der Waals surface area (Å²) in [4.78, 5) is 22.2. The van der Waals surface area contributed by atoms with Crippen molar-refractivity contribution < 1.29 is 14.3 Å². The molecular weight excluding hydrogens is 281 g/mol. The second-order valence-corrected chi connectivity index (χ2v) is 4.93. The molecule has 0 aromatic heterocycles. The van der Waals surface area contributed by atoms with E-state index in [1.807, 2.05) is 0 Å². The van der Waals surface area contributed by atoms with Crippen LogP contribution in [-0.4, -0.2) is 76.9 Å². The van der Waals surface area contributed by atoms with Gasteiger partial charge in [-0.2, -0.15) is 0 Å². The van der Waals surface area contributed by atoms with E-state index in [1.54, 1.807) is 0 Å². The van der Waals surface area contributed by atoms with Gasteiger partial charge in [0, 0.05) is 6.42 Å². The summed E-state index contributed by atoms with van der Waals surface area (Å²) >= 11 is 0. The molecule has 1 N–H and O–H groups in total. The van der Waals surface area contributed by atoms with Crippen molar-refractivity contribution in [3.63, 3.8) is 0 Å². The zero-order valence-corrected chi connectivity index (χ0v) is 12.5. The van der Waals surface area contributed by atoms with Gasteiger partial charge in [-0.15, -0.1) is 0 Å². The van der Waals surface area contributed by atoms with E-state index in [2.05, 4.69) is 17.0 Å². The standard InChI is InChI=1S/C15H29NO3.K.H/c1-3-4-5-6-7-8-9-10-11-12-14(17)16-13-15(18)19-2;;/h3-13H2,1-2H3,(H,16,17);;. The molecule has 0 saturated carbocycles. The minimum absolute atomic E-state index is 0. The molecule has 0 heterocycles. The minimum atomic E-state index is -0.402. The number of amides is 1. The first-order valence-corrected chi connectivity index (χ1v) is 7.54. The van der Waals surface area contributed by atoms with Crippen molar-refractivity contribution in [2.75, 3.05) is 13.7 Å². The third kappa shape index (κ3) is 16.6. The van der Waals surface area contributed by atoms with E-state index in [1.165, 1.54) is 52.1 Å². The Hall–Kier alpha value is 0.576. The Morgan fingerprint density at radius 1 is 0.900 bits per heavy atom. The third-order valence-corrected chi connectivity index (χ3v) is 3.16. The number of methoxy groups -OCH3 is 1. The summed E-state index contributed by atoms with van der Waals surface area (Å²) in [7, 11) is 1.31. The molecule has 0 radical (unpaired) electrons. The maximum atomic E-state index is 11.4. The van der Waals surface area contributed by atoms with Crippen molar-refractivity contribution in [1.29, 1.82) is 0 Å². The molecule has 1 amide bonds. The molecule has 0 aliphatic carbocycles. The van der Waals surface area contributed by atoms with Gasteiger partial charge in [0.25, 0.3) is 0 Å². The summed E-state index contributed by atoms with van der Waals surface area (Å²) in [6, 6.07) is 0. The fraction of sp³-hybridized carbons (Fsp3) is 0.867. The van der Waals surface area contributed by atoms with Gasteiger partial charge in [0.1, 0.15) is 6.54 Å². The van der Waals surface area contributed by atoms with E-state index in [4.69, 9.17) is 0 Å². The molecule has 0 aliphatic rings. The van der Waals surface area contributed by atoms with Crippen LogP contribution in [0.15, 0.2) is 0 Å². The van der Waals surface area contributed by atoms with Gasteiger partial charge in [-0.05, 0) is 6.42 Å². The Bertz CT molecular complexity index is 247. The van der Waals surface area contributed by atoms with Crippen molar-refractivity contribution in [3.8, 4) is 0 Å². The summed E-state index contributed by atoms with van der Waals surface area (Å²) < 4.78 is 4.44. The molecule has 0 bridgehead atoms. The molecule has 0 fully saturated rings. The van der Waals surface area contributed by atoms with E-state index in [-0.39, 0.29) is 63.8 Å². The molecule has 0 aliphatic heterocycles. The number of hydrogen-bond donors (Lipinski definition) is 1. The van der Waals surface area contributed by atoms with Gasteiger partial charge in [0.2, 0.25) is 5.91 Å². The average Bonchev–Trinajstić information content (AvgIpc) is 2.42. The Morgan fingerprint density at radius 3 is 1.90 bits per heavy atom. The molecule has 5 heteroatoms. The van der Waals surface area contributed by atoms with Crippen LogP contribution in [0.4, 0.5) is 0 Å². The third-order valence-electron chi connectivity index (χ3n) is 3.16. The first-order chi connectivity index (χ1) is 9.20. The summed E-state index contributed by atoms with van der Waals surface area (Å²) in [5.41, 5.74) is 0. The second-order valence-electron chi connectivity index (χ2n) is 4.93. The number of carbonyl (C=O) groups excluding carboxylic acids is 2. The molecule has 0 unspecified atom stereocenters. The summed E-state index contributed by atoms with van der Waals surface area (Å²) in [6.45, 7) is 2.21. The number of rotatable bonds is 12. The van der Waals surface area contributed by atoms with Gasteiger partial charge >= 0.3 is 57.4 Å². The molecule has 0 spiro atoms.